The summed E-state index contributed by atoms with van der Waals surface area (Å²) >= 11 is 0. The summed E-state index contributed by atoms with van der Waals surface area (Å²) in [5.41, 5.74) is 0. The molecule has 1 N–H and O–H groups in total. The van der Waals surface area contributed by atoms with E-state index in [1.165, 1.54) is 6.92 Å². The summed E-state index contributed by atoms with van der Waals surface area (Å²) in [7, 11) is -3.47. The van der Waals surface area contributed by atoms with E-state index in [1.54, 1.807) is 43.3 Å². The maximum Gasteiger partial charge on any atom is 0.274 e. The summed E-state index contributed by atoms with van der Waals surface area (Å²) in [4.78, 5) is 0. The third-order valence-electron chi connectivity index (χ3n) is 2.15. The molecule has 0 saturated carbocycles. The standard InChI is InChI=1S/C12H14NO3P/c1-3-16-17(15,12(9-13)10(2)14)11-7-5-4-6-8-11/h4-8,14H,3H2,1-2H3. The van der Waals surface area contributed by atoms with E-state index in [1.807, 2.05) is 0 Å². The SMILES string of the molecule is CCOP(=O)(C(C#N)=C(C)O)c1ccccc1. The minimum Gasteiger partial charge on any atom is -0.511 e. The number of hydrogen-bond donors (Lipinski definition) is 1. The van der Waals surface area contributed by atoms with E-state index in [0.717, 1.165) is 0 Å². The van der Waals surface area contributed by atoms with Crippen LogP contribution in [-0.4, -0.2) is 11.7 Å². The molecule has 1 aromatic rings. The van der Waals surface area contributed by atoms with Crippen LogP contribution in [0.2, 0.25) is 0 Å². The first-order valence-corrected chi connectivity index (χ1v) is 6.79. The smallest absolute Gasteiger partial charge is 0.274 e. The second-order valence-electron chi connectivity index (χ2n) is 3.35. The molecular formula is C12H14NO3P. The number of nitriles is 1. The van der Waals surface area contributed by atoms with Gasteiger partial charge in [0, 0.05) is 5.30 Å². The zero-order valence-electron chi connectivity index (χ0n) is 9.75. The van der Waals surface area contributed by atoms with E-state index in [0.29, 0.717) is 5.30 Å². The molecule has 4 nitrogen and oxygen atoms in total. The quantitative estimate of drug-likeness (QED) is 0.507. The van der Waals surface area contributed by atoms with Crippen LogP contribution in [0, 0.1) is 11.3 Å². The fraction of sp³-hybridized carbons (Fsp3) is 0.250. The lowest BCUT2D eigenvalue weighted by molar-refractivity contribution is 0.343. The normalized spacial score (nSPS) is 15.6. The maximum absolute atomic E-state index is 12.7. The minimum atomic E-state index is -3.47. The third kappa shape index (κ3) is 2.76. The number of nitrogens with zero attached hydrogens (tertiary/aromatic N) is 1. The lowest BCUT2D eigenvalue weighted by Gasteiger charge is -2.17. The van der Waals surface area contributed by atoms with E-state index in [2.05, 4.69) is 0 Å². The number of aliphatic hydroxyl groups excluding tert-OH is 1. The molecule has 5 heteroatoms. The van der Waals surface area contributed by atoms with Crippen LogP contribution in [0.5, 0.6) is 0 Å². The summed E-state index contributed by atoms with van der Waals surface area (Å²) in [5.74, 6) is -0.270. The molecule has 0 aliphatic carbocycles. The van der Waals surface area contributed by atoms with Gasteiger partial charge in [0.15, 0.2) is 5.31 Å². The Labute approximate surface area is 101 Å². The van der Waals surface area contributed by atoms with Gasteiger partial charge in [-0.25, -0.2) is 0 Å². The lowest BCUT2D eigenvalue weighted by atomic mass is 10.4. The van der Waals surface area contributed by atoms with Crippen molar-refractivity contribution in [3.8, 4) is 6.07 Å². The van der Waals surface area contributed by atoms with Gasteiger partial charge < -0.3 is 9.63 Å². The average molecular weight is 251 g/mol. The molecule has 0 radical (unpaired) electrons. The first kappa shape index (κ1) is 13.5. The molecule has 90 valence electrons. The molecule has 1 unspecified atom stereocenters. The van der Waals surface area contributed by atoms with Gasteiger partial charge >= 0.3 is 0 Å². The van der Waals surface area contributed by atoms with E-state index in [9.17, 15) is 9.67 Å². The first-order valence-electron chi connectivity index (χ1n) is 5.17. The molecule has 17 heavy (non-hydrogen) atoms. The molecule has 1 rings (SSSR count). The lowest BCUT2D eigenvalue weighted by Crippen LogP contribution is -2.09. The van der Waals surface area contributed by atoms with Gasteiger partial charge in [-0.2, -0.15) is 5.26 Å². The highest BCUT2D eigenvalue weighted by atomic mass is 31.2. The van der Waals surface area contributed by atoms with E-state index < -0.39 is 7.37 Å². The molecule has 1 atom stereocenters. The first-order chi connectivity index (χ1) is 8.06. The monoisotopic (exact) mass is 251 g/mol. The molecular weight excluding hydrogens is 237 g/mol. The molecule has 1 aromatic carbocycles. The summed E-state index contributed by atoms with van der Waals surface area (Å²) in [5, 5.41) is 18.6. The number of allylic oxidation sites excluding steroid dienone is 2. The van der Waals surface area contributed by atoms with E-state index >= 15 is 0 Å². The van der Waals surface area contributed by atoms with Crippen LogP contribution in [-0.2, 0) is 9.09 Å². The Morgan fingerprint density at radius 1 is 1.47 bits per heavy atom. The largest absolute Gasteiger partial charge is 0.511 e. The Morgan fingerprint density at radius 3 is 2.47 bits per heavy atom. The molecule has 0 amide bonds. The molecule has 0 saturated heterocycles. The van der Waals surface area contributed by atoms with E-state index in [-0.39, 0.29) is 17.7 Å². The average Bonchev–Trinajstić information content (AvgIpc) is 2.31. The number of aliphatic hydroxyl groups is 1. The number of hydrogen-bond acceptors (Lipinski definition) is 4. The third-order valence-corrected chi connectivity index (χ3v) is 4.76. The Hall–Kier alpha value is -1.56. The van der Waals surface area contributed by atoms with Crippen molar-refractivity contribution < 1.29 is 14.2 Å². The Kier molecular flexibility index (Phi) is 4.51. The molecule has 0 aliphatic rings. The zero-order valence-corrected chi connectivity index (χ0v) is 10.6. The summed E-state index contributed by atoms with van der Waals surface area (Å²) < 4.78 is 18.0. The van der Waals surface area contributed by atoms with Gasteiger partial charge in [-0.15, -0.1) is 0 Å². The summed E-state index contributed by atoms with van der Waals surface area (Å²) in [6, 6.07) is 10.2. The van der Waals surface area contributed by atoms with Gasteiger partial charge in [0.1, 0.15) is 11.8 Å². The fourth-order valence-electron chi connectivity index (χ4n) is 1.43. The van der Waals surface area contributed by atoms with Crippen molar-refractivity contribution in [1.82, 2.24) is 0 Å². The Balaban J connectivity index is 3.40. The second kappa shape index (κ2) is 5.67. The van der Waals surface area contributed by atoms with Gasteiger partial charge in [0.05, 0.1) is 6.61 Å². The van der Waals surface area contributed by atoms with Crippen molar-refractivity contribution >= 4 is 12.7 Å². The maximum atomic E-state index is 12.7. The Bertz CT molecular complexity index is 498. The van der Waals surface area contributed by atoms with Crippen molar-refractivity contribution in [2.75, 3.05) is 6.61 Å². The van der Waals surface area contributed by atoms with Crippen molar-refractivity contribution in [2.45, 2.75) is 13.8 Å². The highest BCUT2D eigenvalue weighted by Gasteiger charge is 2.32. The van der Waals surface area contributed by atoms with Crippen molar-refractivity contribution in [1.29, 1.82) is 5.26 Å². The fourth-order valence-corrected chi connectivity index (χ4v) is 3.46. The van der Waals surface area contributed by atoms with Gasteiger partial charge in [-0.3, -0.25) is 4.57 Å². The predicted molar refractivity (Wildman–Crippen MR) is 66.3 cm³/mol. The van der Waals surface area contributed by atoms with E-state index in [4.69, 9.17) is 9.79 Å². The summed E-state index contributed by atoms with van der Waals surface area (Å²) in [6.07, 6.45) is 0. The molecule has 0 aliphatic heterocycles. The van der Waals surface area contributed by atoms with Crippen LogP contribution in [0.4, 0.5) is 0 Å². The summed E-state index contributed by atoms with van der Waals surface area (Å²) in [6.45, 7) is 3.22. The van der Waals surface area contributed by atoms with Crippen LogP contribution >= 0.6 is 7.37 Å². The molecule has 0 aromatic heterocycles. The van der Waals surface area contributed by atoms with Gasteiger partial charge in [-0.05, 0) is 26.0 Å². The second-order valence-corrected chi connectivity index (χ2v) is 5.68. The zero-order chi connectivity index (χ0) is 12.9. The van der Waals surface area contributed by atoms with Crippen molar-refractivity contribution in [3.05, 3.63) is 41.4 Å². The molecule has 0 spiro atoms. The van der Waals surface area contributed by atoms with Crippen molar-refractivity contribution in [2.24, 2.45) is 0 Å². The van der Waals surface area contributed by atoms with Crippen LogP contribution < -0.4 is 5.30 Å². The molecule has 0 fully saturated rings. The van der Waals surface area contributed by atoms with Crippen LogP contribution in [0.1, 0.15) is 13.8 Å². The highest BCUT2D eigenvalue weighted by molar-refractivity contribution is 7.71. The predicted octanol–water partition coefficient (Wildman–Crippen LogP) is 2.94. The molecule has 0 heterocycles. The van der Waals surface area contributed by atoms with Crippen LogP contribution in [0.15, 0.2) is 41.4 Å². The van der Waals surface area contributed by atoms with Gasteiger partial charge in [0.25, 0.3) is 7.37 Å². The molecule has 0 bridgehead atoms. The number of rotatable bonds is 4. The highest BCUT2D eigenvalue weighted by Crippen LogP contribution is 2.54. The van der Waals surface area contributed by atoms with Crippen LogP contribution in [0.3, 0.4) is 0 Å². The van der Waals surface area contributed by atoms with Gasteiger partial charge in [-0.1, -0.05) is 18.2 Å². The Morgan fingerprint density at radius 2 is 2.06 bits per heavy atom. The minimum absolute atomic E-state index is 0.199. The van der Waals surface area contributed by atoms with Crippen LogP contribution in [0.25, 0.3) is 0 Å². The number of benzene rings is 1. The topological polar surface area (TPSA) is 70.3 Å². The van der Waals surface area contributed by atoms with Gasteiger partial charge in [0.2, 0.25) is 0 Å². The van der Waals surface area contributed by atoms with Crippen molar-refractivity contribution in [3.63, 3.8) is 0 Å².